The summed E-state index contributed by atoms with van der Waals surface area (Å²) < 4.78 is 0. The molecule has 0 bridgehead atoms. The predicted molar refractivity (Wildman–Crippen MR) is 85.9 cm³/mol. The standard InChI is InChI=1S/C16H26N4O/c1-11(2)14-8-12(9-15(17-3)19-14)16(21)18-13-6-5-7-20(4)10-13/h8-9,11,13H,5-7,10H2,1-4H3,(H,17,19)(H,18,21). The first-order valence-electron chi connectivity index (χ1n) is 7.68. The minimum atomic E-state index is -0.00361. The van der Waals surface area contributed by atoms with Crippen molar-refractivity contribution < 1.29 is 4.79 Å². The Kier molecular flexibility index (Phi) is 5.17. The number of nitrogens with zero attached hydrogens (tertiary/aromatic N) is 2. The lowest BCUT2D eigenvalue weighted by Crippen LogP contribution is -2.46. The van der Waals surface area contributed by atoms with Gasteiger partial charge < -0.3 is 15.5 Å². The van der Waals surface area contributed by atoms with Gasteiger partial charge in [-0.05, 0) is 44.5 Å². The average molecular weight is 290 g/mol. The van der Waals surface area contributed by atoms with Crippen molar-refractivity contribution in [1.29, 1.82) is 0 Å². The van der Waals surface area contributed by atoms with Gasteiger partial charge in [0.2, 0.25) is 0 Å². The van der Waals surface area contributed by atoms with Gasteiger partial charge in [0.15, 0.2) is 0 Å². The van der Waals surface area contributed by atoms with Crippen molar-refractivity contribution in [1.82, 2.24) is 15.2 Å². The Morgan fingerprint density at radius 3 is 2.81 bits per heavy atom. The van der Waals surface area contributed by atoms with Crippen LogP contribution in [0.15, 0.2) is 12.1 Å². The summed E-state index contributed by atoms with van der Waals surface area (Å²) >= 11 is 0. The van der Waals surface area contributed by atoms with E-state index in [9.17, 15) is 4.79 Å². The Hall–Kier alpha value is -1.62. The molecule has 1 unspecified atom stereocenters. The van der Waals surface area contributed by atoms with Gasteiger partial charge in [-0.25, -0.2) is 4.98 Å². The number of rotatable bonds is 4. The van der Waals surface area contributed by atoms with Crippen LogP contribution in [0.4, 0.5) is 5.82 Å². The SMILES string of the molecule is CNc1cc(C(=O)NC2CCCN(C)C2)cc(C(C)C)n1. The highest BCUT2D eigenvalue weighted by Gasteiger charge is 2.20. The molecule has 2 N–H and O–H groups in total. The van der Waals surface area contributed by atoms with E-state index < -0.39 is 0 Å². The van der Waals surface area contributed by atoms with E-state index in [4.69, 9.17) is 0 Å². The summed E-state index contributed by atoms with van der Waals surface area (Å²) in [7, 11) is 3.92. The number of likely N-dealkylation sites (tertiary alicyclic amines) is 1. The van der Waals surface area contributed by atoms with Crippen molar-refractivity contribution >= 4 is 11.7 Å². The number of carbonyl (C=O) groups is 1. The maximum Gasteiger partial charge on any atom is 0.251 e. The first-order chi connectivity index (χ1) is 9.99. The van der Waals surface area contributed by atoms with Gasteiger partial charge in [-0.2, -0.15) is 0 Å². The highest BCUT2D eigenvalue weighted by Crippen LogP contribution is 2.18. The largest absolute Gasteiger partial charge is 0.373 e. The van der Waals surface area contributed by atoms with Crippen LogP contribution in [-0.2, 0) is 0 Å². The summed E-state index contributed by atoms with van der Waals surface area (Å²) in [4.78, 5) is 19.2. The third-order valence-corrected chi connectivity index (χ3v) is 3.91. The molecule has 1 aliphatic heterocycles. The van der Waals surface area contributed by atoms with Crippen LogP contribution in [-0.4, -0.2) is 49.0 Å². The molecule has 116 valence electrons. The van der Waals surface area contributed by atoms with E-state index in [1.54, 1.807) is 0 Å². The molecule has 0 radical (unpaired) electrons. The first-order valence-corrected chi connectivity index (χ1v) is 7.68. The van der Waals surface area contributed by atoms with Crippen LogP contribution in [0.2, 0.25) is 0 Å². The van der Waals surface area contributed by atoms with Gasteiger partial charge in [-0.3, -0.25) is 4.79 Å². The third-order valence-electron chi connectivity index (χ3n) is 3.91. The molecule has 1 aromatic rings. The average Bonchev–Trinajstić information content (AvgIpc) is 2.46. The minimum absolute atomic E-state index is 0.00361. The van der Waals surface area contributed by atoms with Gasteiger partial charge in [0.25, 0.3) is 5.91 Å². The Bertz CT molecular complexity index is 501. The zero-order valence-corrected chi connectivity index (χ0v) is 13.4. The van der Waals surface area contributed by atoms with Crippen LogP contribution in [0, 0.1) is 0 Å². The number of piperidine rings is 1. The van der Waals surface area contributed by atoms with E-state index in [1.807, 2.05) is 19.2 Å². The highest BCUT2D eigenvalue weighted by molar-refractivity contribution is 5.95. The second-order valence-corrected chi connectivity index (χ2v) is 6.15. The molecular formula is C16H26N4O. The molecule has 0 spiro atoms. The zero-order valence-electron chi connectivity index (χ0n) is 13.4. The number of amides is 1. The van der Waals surface area contributed by atoms with Gasteiger partial charge in [-0.15, -0.1) is 0 Å². The molecule has 0 saturated carbocycles. The lowest BCUT2D eigenvalue weighted by Gasteiger charge is -2.30. The maximum atomic E-state index is 12.5. The molecule has 2 heterocycles. The van der Waals surface area contributed by atoms with E-state index in [-0.39, 0.29) is 11.9 Å². The van der Waals surface area contributed by atoms with Crippen LogP contribution in [0.1, 0.15) is 48.7 Å². The van der Waals surface area contributed by atoms with Crippen LogP contribution in [0.3, 0.4) is 0 Å². The molecule has 1 fully saturated rings. The summed E-state index contributed by atoms with van der Waals surface area (Å²) in [5.74, 6) is 1.04. The van der Waals surface area contributed by atoms with E-state index in [1.165, 1.54) is 0 Å². The Morgan fingerprint density at radius 2 is 2.19 bits per heavy atom. The first kappa shape index (κ1) is 15.8. The van der Waals surface area contributed by atoms with Gasteiger partial charge in [0.1, 0.15) is 5.82 Å². The monoisotopic (exact) mass is 290 g/mol. The second-order valence-electron chi connectivity index (χ2n) is 6.15. The summed E-state index contributed by atoms with van der Waals surface area (Å²) in [6.07, 6.45) is 2.19. The molecule has 1 amide bonds. The molecule has 1 saturated heterocycles. The quantitative estimate of drug-likeness (QED) is 0.891. The third kappa shape index (κ3) is 4.17. The van der Waals surface area contributed by atoms with Crippen molar-refractivity contribution in [2.75, 3.05) is 32.5 Å². The number of likely N-dealkylation sites (N-methyl/N-ethyl adjacent to an activating group) is 1. The second kappa shape index (κ2) is 6.89. The Labute approximate surface area is 127 Å². The molecule has 1 atom stereocenters. The highest BCUT2D eigenvalue weighted by atomic mass is 16.1. The number of hydrogen-bond acceptors (Lipinski definition) is 4. The number of anilines is 1. The topological polar surface area (TPSA) is 57.3 Å². The van der Waals surface area contributed by atoms with Gasteiger partial charge in [0, 0.05) is 30.9 Å². The van der Waals surface area contributed by atoms with E-state index in [0.717, 1.165) is 37.4 Å². The maximum absolute atomic E-state index is 12.5. The van der Waals surface area contributed by atoms with E-state index in [2.05, 4.69) is 41.4 Å². The van der Waals surface area contributed by atoms with Crippen molar-refractivity contribution in [2.45, 2.75) is 38.6 Å². The summed E-state index contributed by atoms with van der Waals surface area (Å²) in [5, 5.41) is 6.18. The lowest BCUT2D eigenvalue weighted by atomic mass is 10.0. The summed E-state index contributed by atoms with van der Waals surface area (Å²) in [6, 6.07) is 3.95. The molecule has 1 aromatic heterocycles. The smallest absolute Gasteiger partial charge is 0.251 e. The van der Waals surface area contributed by atoms with E-state index >= 15 is 0 Å². The van der Waals surface area contributed by atoms with Crippen LogP contribution in [0.25, 0.3) is 0 Å². The fourth-order valence-electron chi connectivity index (χ4n) is 2.66. The fourth-order valence-corrected chi connectivity index (χ4v) is 2.66. The van der Waals surface area contributed by atoms with Crippen molar-refractivity contribution in [3.05, 3.63) is 23.4 Å². The molecule has 5 nitrogen and oxygen atoms in total. The van der Waals surface area contributed by atoms with Crippen molar-refractivity contribution in [3.63, 3.8) is 0 Å². The number of carbonyl (C=O) groups excluding carboxylic acids is 1. The van der Waals surface area contributed by atoms with Crippen LogP contribution in [0.5, 0.6) is 0 Å². The fraction of sp³-hybridized carbons (Fsp3) is 0.625. The number of nitrogens with one attached hydrogen (secondary N) is 2. The lowest BCUT2D eigenvalue weighted by molar-refractivity contribution is 0.0912. The minimum Gasteiger partial charge on any atom is -0.373 e. The number of aromatic nitrogens is 1. The number of pyridine rings is 1. The normalized spacial score (nSPS) is 19.6. The van der Waals surface area contributed by atoms with Crippen LogP contribution < -0.4 is 10.6 Å². The Morgan fingerprint density at radius 1 is 1.43 bits per heavy atom. The molecule has 5 heteroatoms. The van der Waals surface area contributed by atoms with Crippen molar-refractivity contribution in [3.8, 4) is 0 Å². The van der Waals surface area contributed by atoms with Gasteiger partial charge in [0.05, 0.1) is 0 Å². The summed E-state index contributed by atoms with van der Waals surface area (Å²) in [5.41, 5.74) is 1.62. The summed E-state index contributed by atoms with van der Waals surface area (Å²) in [6.45, 7) is 6.20. The molecule has 0 aromatic carbocycles. The molecule has 2 rings (SSSR count). The predicted octanol–water partition coefficient (Wildman–Crippen LogP) is 2.07. The van der Waals surface area contributed by atoms with Gasteiger partial charge >= 0.3 is 0 Å². The Balaban J connectivity index is 2.12. The van der Waals surface area contributed by atoms with Crippen molar-refractivity contribution in [2.24, 2.45) is 0 Å². The molecular weight excluding hydrogens is 264 g/mol. The molecule has 1 aliphatic rings. The van der Waals surface area contributed by atoms with E-state index in [0.29, 0.717) is 11.5 Å². The molecule has 0 aliphatic carbocycles. The van der Waals surface area contributed by atoms with Gasteiger partial charge in [-0.1, -0.05) is 13.8 Å². The molecule has 21 heavy (non-hydrogen) atoms. The zero-order chi connectivity index (χ0) is 15.4. The van der Waals surface area contributed by atoms with Crippen LogP contribution >= 0.6 is 0 Å². The number of hydrogen-bond donors (Lipinski definition) is 2.